The van der Waals surface area contributed by atoms with Gasteiger partial charge in [-0.15, -0.1) is 0 Å². The molecule has 0 aliphatic rings. The van der Waals surface area contributed by atoms with Crippen molar-refractivity contribution in [1.82, 2.24) is 9.78 Å². The van der Waals surface area contributed by atoms with Crippen LogP contribution in [-0.4, -0.2) is 9.78 Å². The molecule has 1 heterocycles. The summed E-state index contributed by atoms with van der Waals surface area (Å²) in [5.41, 5.74) is 9.16. The van der Waals surface area contributed by atoms with E-state index in [1.807, 2.05) is 41.9 Å². The van der Waals surface area contributed by atoms with E-state index in [2.05, 4.69) is 18.1 Å². The maximum atomic E-state index is 5.96. The minimum Gasteiger partial charge on any atom is -0.323 e. The van der Waals surface area contributed by atoms with Crippen LogP contribution in [-0.2, 0) is 6.42 Å². The first-order valence-electron chi connectivity index (χ1n) is 5.62. The second kappa shape index (κ2) is 4.49. The summed E-state index contributed by atoms with van der Waals surface area (Å²) in [7, 11) is 0. The molecule has 0 amide bonds. The Morgan fingerprint density at radius 1 is 1.31 bits per heavy atom. The van der Waals surface area contributed by atoms with Crippen molar-refractivity contribution in [3.8, 4) is 5.69 Å². The van der Waals surface area contributed by atoms with Crippen LogP contribution in [0.4, 0.5) is 0 Å². The van der Waals surface area contributed by atoms with E-state index in [-0.39, 0.29) is 6.04 Å². The largest absolute Gasteiger partial charge is 0.323 e. The van der Waals surface area contributed by atoms with Crippen molar-refractivity contribution >= 4 is 0 Å². The Balaban J connectivity index is 2.51. The molecule has 0 saturated heterocycles. The molecule has 0 aliphatic heterocycles. The fraction of sp³-hybridized carbons (Fsp3) is 0.308. The molecule has 1 atom stereocenters. The van der Waals surface area contributed by atoms with Crippen LogP contribution >= 0.6 is 0 Å². The van der Waals surface area contributed by atoms with Gasteiger partial charge in [0.15, 0.2) is 0 Å². The van der Waals surface area contributed by atoms with Crippen LogP contribution in [0.1, 0.15) is 31.3 Å². The summed E-state index contributed by atoms with van der Waals surface area (Å²) in [4.78, 5) is 0. The molecule has 3 nitrogen and oxygen atoms in total. The van der Waals surface area contributed by atoms with E-state index in [1.54, 1.807) is 0 Å². The highest BCUT2D eigenvalue weighted by molar-refractivity contribution is 5.34. The smallest absolute Gasteiger partial charge is 0.0649 e. The van der Waals surface area contributed by atoms with Crippen molar-refractivity contribution < 1.29 is 0 Å². The number of benzene rings is 1. The van der Waals surface area contributed by atoms with Crippen LogP contribution in [0.25, 0.3) is 5.69 Å². The zero-order valence-electron chi connectivity index (χ0n) is 9.72. The van der Waals surface area contributed by atoms with Gasteiger partial charge in [0.05, 0.1) is 17.1 Å². The third-order valence-electron chi connectivity index (χ3n) is 2.62. The second-order valence-electron chi connectivity index (χ2n) is 3.95. The van der Waals surface area contributed by atoms with Crippen LogP contribution in [0.3, 0.4) is 0 Å². The van der Waals surface area contributed by atoms with Crippen LogP contribution in [0.5, 0.6) is 0 Å². The lowest BCUT2D eigenvalue weighted by atomic mass is 10.2. The van der Waals surface area contributed by atoms with E-state index in [4.69, 9.17) is 5.73 Å². The van der Waals surface area contributed by atoms with Crippen molar-refractivity contribution in [1.29, 1.82) is 0 Å². The van der Waals surface area contributed by atoms with Gasteiger partial charge in [-0.05, 0) is 31.5 Å². The third kappa shape index (κ3) is 1.99. The van der Waals surface area contributed by atoms with Gasteiger partial charge in [-0.3, -0.25) is 0 Å². The quantitative estimate of drug-likeness (QED) is 0.854. The summed E-state index contributed by atoms with van der Waals surface area (Å²) in [5.74, 6) is 0. The molecular formula is C13H17N3. The predicted molar refractivity (Wildman–Crippen MR) is 65.5 cm³/mol. The molecule has 3 heteroatoms. The number of nitrogens with two attached hydrogens (primary N) is 1. The van der Waals surface area contributed by atoms with Gasteiger partial charge in [0.25, 0.3) is 0 Å². The molecule has 0 saturated carbocycles. The number of aryl methyl sites for hydroxylation is 1. The standard InChI is InChI=1S/C13H17N3/c1-3-11-9-13(10(2)14)16(15-11)12-7-5-4-6-8-12/h4-10H,3,14H2,1-2H3. The average Bonchev–Trinajstić information content (AvgIpc) is 2.74. The average molecular weight is 215 g/mol. The van der Waals surface area contributed by atoms with Gasteiger partial charge in [0.2, 0.25) is 0 Å². The topological polar surface area (TPSA) is 43.8 Å². The van der Waals surface area contributed by atoms with Crippen molar-refractivity contribution in [3.63, 3.8) is 0 Å². The number of rotatable bonds is 3. The summed E-state index contributed by atoms with van der Waals surface area (Å²) in [6, 6.07) is 12.2. The minimum atomic E-state index is -0.00648. The first kappa shape index (κ1) is 10.9. The van der Waals surface area contributed by atoms with Crippen LogP contribution in [0.2, 0.25) is 0 Å². The molecule has 0 spiro atoms. The van der Waals surface area contributed by atoms with Gasteiger partial charge < -0.3 is 5.73 Å². The molecule has 2 aromatic rings. The summed E-state index contributed by atoms with van der Waals surface area (Å²) in [5, 5.41) is 4.56. The SMILES string of the molecule is CCc1cc(C(C)N)n(-c2ccccc2)n1. The monoisotopic (exact) mass is 215 g/mol. The van der Waals surface area contributed by atoms with Crippen molar-refractivity contribution in [2.75, 3.05) is 0 Å². The van der Waals surface area contributed by atoms with Crippen LogP contribution in [0.15, 0.2) is 36.4 Å². The number of para-hydroxylation sites is 1. The molecule has 2 rings (SSSR count). The summed E-state index contributed by atoms with van der Waals surface area (Å²) < 4.78 is 1.93. The maximum Gasteiger partial charge on any atom is 0.0649 e. The Bertz CT molecular complexity index is 457. The Hall–Kier alpha value is -1.61. The normalized spacial score (nSPS) is 12.7. The molecule has 0 fully saturated rings. The lowest BCUT2D eigenvalue weighted by Gasteiger charge is -2.09. The molecule has 0 aliphatic carbocycles. The predicted octanol–water partition coefficient (Wildman–Crippen LogP) is 2.45. The molecule has 1 aromatic carbocycles. The molecular weight excluding hydrogens is 198 g/mol. The first-order valence-corrected chi connectivity index (χ1v) is 5.62. The maximum absolute atomic E-state index is 5.96. The molecule has 2 N–H and O–H groups in total. The molecule has 1 aromatic heterocycles. The number of aromatic nitrogens is 2. The summed E-state index contributed by atoms with van der Waals surface area (Å²) in [6.45, 7) is 4.08. The van der Waals surface area contributed by atoms with E-state index < -0.39 is 0 Å². The molecule has 0 radical (unpaired) electrons. The molecule has 84 valence electrons. The number of hydrogen-bond donors (Lipinski definition) is 1. The summed E-state index contributed by atoms with van der Waals surface area (Å²) >= 11 is 0. The highest BCUT2D eigenvalue weighted by atomic mass is 15.3. The molecule has 16 heavy (non-hydrogen) atoms. The zero-order valence-corrected chi connectivity index (χ0v) is 9.72. The van der Waals surface area contributed by atoms with E-state index >= 15 is 0 Å². The van der Waals surface area contributed by atoms with E-state index in [0.29, 0.717) is 0 Å². The summed E-state index contributed by atoms with van der Waals surface area (Å²) in [6.07, 6.45) is 0.930. The Morgan fingerprint density at radius 3 is 2.56 bits per heavy atom. The third-order valence-corrected chi connectivity index (χ3v) is 2.62. The van der Waals surface area contributed by atoms with Gasteiger partial charge in [0.1, 0.15) is 0 Å². The van der Waals surface area contributed by atoms with Crippen LogP contribution < -0.4 is 5.73 Å². The van der Waals surface area contributed by atoms with Gasteiger partial charge in [-0.25, -0.2) is 4.68 Å². The number of hydrogen-bond acceptors (Lipinski definition) is 2. The van der Waals surface area contributed by atoms with Gasteiger partial charge in [0, 0.05) is 6.04 Å². The lowest BCUT2D eigenvalue weighted by Crippen LogP contribution is -2.11. The van der Waals surface area contributed by atoms with Crippen molar-refractivity contribution in [2.24, 2.45) is 5.73 Å². The zero-order chi connectivity index (χ0) is 11.5. The Morgan fingerprint density at radius 2 is 2.00 bits per heavy atom. The first-order chi connectivity index (χ1) is 7.72. The highest BCUT2D eigenvalue weighted by Gasteiger charge is 2.11. The lowest BCUT2D eigenvalue weighted by molar-refractivity contribution is 0.706. The fourth-order valence-electron chi connectivity index (χ4n) is 1.72. The van der Waals surface area contributed by atoms with Crippen molar-refractivity contribution in [2.45, 2.75) is 26.3 Å². The van der Waals surface area contributed by atoms with Crippen molar-refractivity contribution in [3.05, 3.63) is 47.8 Å². The van der Waals surface area contributed by atoms with E-state index in [1.165, 1.54) is 0 Å². The highest BCUT2D eigenvalue weighted by Crippen LogP contribution is 2.17. The molecule has 0 bridgehead atoms. The minimum absolute atomic E-state index is 0.00648. The molecule has 1 unspecified atom stereocenters. The van der Waals surface area contributed by atoms with E-state index in [9.17, 15) is 0 Å². The van der Waals surface area contributed by atoms with Gasteiger partial charge >= 0.3 is 0 Å². The Labute approximate surface area is 95.9 Å². The van der Waals surface area contributed by atoms with E-state index in [0.717, 1.165) is 23.5 Å². The van der Waals surface area contributed by atoms with Crippen LogP contribution in [0, 0.1) is 0 Å². The van der Waals surface area contributed by atoms with Gasteiger partial charge in [-0.2, -0.15) is 5.10 Å². The fourth-order valence-corrected chi connectivity index (χ4v) is 1.72. The Kier molecular flexibility index (Phi) is 3.06. The van der Waals surface area contributed by atoms with Gasteiger partial charge in [-0.1, -0.05) is 25.1 Å². The number of nitrogens with zero attached hydrogens (tertiary/aromatic N) is 2. The second-order valence-corrected chi connectivity index (χ2v) is 3.95.